The average Bonchev–Trinajstić information content (AvgIpc) is 2.67. The second kappa shape index (κ2) is 6.17. The summed E-state index contributed by atoms with van der Waals surface area (Å²) in [6.07, 6.45) is 0.743. The predicted molar refractivity (Wildman–Crippen MR) is 77.0 cm³/mol. The van der Waals surface area contributed by atoms with E-state index in [9.17, 15) is 18.5 Å². The summed E-state index contributed by atoms with van der Waals surface area (Å²) in [5.74, 6) is 0. The standard InChI is InChI=1S/C11H14BrN3O4S/c12-10-8-9(2-3-11(10)15(16)17)20(18,19)14-6-1-4-13-5-7-14/h2-3,8,13H,1,4-7H2. The molecule has 7 nitrogen and oxygen atoms in total. The number of hydrogen-bond donors (Lipinski definition) is 1. The summed E-state index contributed by atoms with van der Waals surface area (Å²) >= 11 is 3.04. The molecule has 1 saturated heterocycles. The first-order valence-electron chi connectivity index (χ1n) is 6.08. The molecule has 1 N–H and O–H groups in total. The maximum absolute atomic E-state index is 12.5. The summed E-state index contributed by atoms with van der Waals surface area (Å²) < 4.78 is 26.5. The van der Waals surface area contributed by atoms with Gasteiger partial charge in [0.25, 0.3) is 5.69 Å². The first-order chi connectivity index (χ1) is 9.43. The normalized spacial score (nSPS) is 17.6. The Balaban J connectivity index is 2.34. The van der Waals surface area contributed by atoms with Crippen molar-refractivity contribution in [3.05, 3.63) is 32.8 Å². The molecular weight excluding hydrogens is 350 g/mol. The van der Waals surface area contributed by atoms with Crippen molar-refractivity contribution in [2.45, 2.75) is 11.3 Å². The van der Waals surface area contributed by atoms with Gasteiger partial charge in [0.05, 0.1) is 14.3 Å². The number of nitrogens with one attached hydrogen (secondary N) is 1. The molecule has 0 spiro atoms. The monoisotopic (exact) mass is 363 g/mol. The van der Waals surface area contributed by atoms with Gasteiger partial charge in [-0.3, -0.25) is 10.1 Å². The Morgan fingerprint density at radius 2 is 2.05 bits per heavy atom. The van der Waals surface area contributed by atoms with Crippen LogP contribution in [0.5, 0.6) is 0 Å². The van der Waals surface area contributed by atoms with Crippen LogP contribution in [0.2, 0.25) is 0 Å². The minimum atomic E-state index is -3.61. The smallest absolute Gasteiger partial charge is 0.283 e. The van der Waals surface area contributed by atoms with E-state index in [1.54, 1.807) is 0 Å². The Bertz CT molecular complexity index is 612. The van der Waals surface area contributed by atoms with Crippen molar-refractivity contribution in [1.82, 2.24) is 9.62 Å². The molecule has 1 aromatic carbocycles. The van der Waals surface area contributed by atoms with Gasteiger partial charge in [0.2, 0.25) is 10.0 Å². The second-order valence-corrected chi connectivity index (χ2v) is 7.17. The van der Waals surface area contributed by atoms with Gasteiger partial charge in [-0.2, -0.15) is 4.31 Å². The fourth-order valence-electron chi connectivity index (χ4n) is 2.01. The molecular formula is C11H14BrN3O4S. The minimum absolute atomic E-state index is 0.0666. The van der Waals surface area contributed by atoms with Crippen LogP contribution in [-0.2, 0) is 10.0 Å². The van der Waals surface area contributed by atoms with E-state index in [1.165, 1.54) is 22.5 Å². The Labute approximate surface area is 125 Å². The van der Waals surface area contributed by atoms with Crippen LogP contribution < -0.4 is 5.32 Å². The molecule has 0 unspecified atom stereocenters. The van der Waals surface area contributed by atoms with Crippen LogP contribution in [-0.4, -0.2) is 43.8 Å². The van der Waals surface area contributed by atoms with Crippen molar-refractivity contribution in [1.29, 1.82) is 0 Å². The van der Waals surface area contributed by atoms with Crippen LogP contribution in [0.4, 0.5) is 5.69 Å². The van der Waals surface area contributed by atoms with Gasteiger partial charge in [0, 0.05) is 25.7 Å². The summed E-state index contributed by atoms with van der Waals surface area (Å²) in [7, 11) is -3.61. The number of halogens is 1. The summed E-state index contributed by atoms with van der Waals surface area (Å²) in [5, 5.41) is 13.9. The van der Waals surface area contributed by atoms with Gasteiger partial charge in [-0.25, -0.2) is 8.42 Å². The average molecular weight is 364 g/mol. The molecule has 1 fully saturated rings. The van der Waals surface area contributed by atoms with Crippen LogP contribution in [0, 0.1) is 10.1 Å². The van der Waals surface area contributed by atoms with Gasteiger partial charge >= 0.3 is 0 Å². The number of sulfonamides is 1. The zero-order valence-corrected chi connectivity index (χ0v) is 13.0. The highest BCUT2D eigenvalue weighted by molar-refractivity contribution is 9.10. The fraction of sp³-hybridized carbons (Fsp3) is 0.455. The molecule has 2 rings (SSSR count). The molecule has 0 aromatic heterocycles. The predicted octanol–water partition coefficient (Wildman–Crippen LogP) is 1.34. The molecule has 1 aliphatic rings. The van der Waals surface area contributed by atoms with E-state index in [-0.39, 0.29) is 15.1 Å². The lowest BCUT2D eigenvalue weighted by atomic mass is 10.3. The third kappa shape index (κ3) is 3.17. The van der Waals surface area contributed by atoms with Crippen LogP contribution in [0.15, 0.2) is 27.6 Å². The topological polar surface area (TPSA) is 92.5 Å². The summed E-state index contributed by atoms with van der Waals surface area (Å²) in [5.41, 5.74) is -0.151. The minimum Gasteiger partial charge on any atom is -0.315 e. The zero-order valence-electron chi connectivity index (χ0n) is 10.6. The van der Waals surface area contributed by atoms with Crippen LogP contribution in [0.25, 0.3) is 0 Å². The Morgan fingerprint density at radius 1 is 1.30 bits per heavy atom. The molecule has 1 heterocycles. The first kappa shape index (κ1) is 15.4. The second-order valence-electron chi connectivity index (χ2n) is 4.38. The lowest BCUT2D eigenvalue weighted by Crippen LogP contribution is -2.34. The summed E-state index contributed by atoms with van der Waals surface area (Å²) in [4.78, 5) is 10.2. The number of hydrogen-bond acceptors (Lipinski definition) is 5. The largest absolute Gasteiger partial charge is 0.315 e. The molecule has 0 radical (unpaired) electrons. The van der Waals surface area contributed by atoms with Gasteiger partial charge in [0.1, 0.15) is 0 Å². The van der Waals surface area contributed by atoms with E-state index in [0.29, 0.717) is 19.6 Å². The zero-order chi connectivity index (χ0) is 14.8. The van der Waals surface area contributed by atoms with Gasteiger partial charge in [0.15, 0.2) is 0 Å². The molecule has 0 atom stereocenters. The Kier molecular flexibility index (Phi) is 4.74. The van der Waals surface area contributed by atoms with Crippen molar-refractivity contribution in [2.24, 2.45) is 0 Å². The molecule has 1 aromatic rings. The van der Waals surface area contributed by atoms with Crippen molar-refractivity contribution >= 4 is 31.6 Å². The fourth-order valence-corrected chi connectivity index (χ4v) is 4.19. The molecule has 0 saturated carbocycles. The number of nitro groups is 1. The van der Waals surface area contributed by atoms with Gasteiger partial charge in [-0.1, -0.05) is 0 Å². The number of rotatable bonds is 3. The Morgan fingerprint density at radius 3 is 2.70 bits per heavy atom. The molecule has 9 heteroatoms. The molecule has 1 aliphatic heterocycles. The molecule has 0 aliphatic carbocycles. The molecule has 20 heavy (non-hydrogen) atoms. The third-order valence-electron chi connectivity index (χ3n) is 3.05. The van der Waals surface area contributed by atoms with E-state index in [4.69, 9.17) is 0 Å². The number of benzene rings is 1. The maximum atomic E-state index is 12.5. The molecule has 0 amide bonds. The van der Waals surface area contributed by atoms with Crippen LogP contribution in [0.1, 0.15) is 6.42 Å². The third-order valence-corrected chi connectivity index (χ3v) is 5.58. The van der Waals surface area contributed by atoms with Gasteiger partial charge < -0.3 is 5.32 Å². The van der Waals surface area contributed by atoms with Crippen molar-refractivity contribution < 1.29 is 13.3 Å². The van der Waals surface area contributed by atoms with Crippen molar-refractivity contribution in [3.8, 4) is 0 Å². The maximum Gasteiger partial charge on any atom is 0.283 e. The van der Waals surface area contributed by atoms with E-state index in [1.807, 2.05) is 0 Å². The van der Waals surface area contributed by atoms with Crippen LogP contribution in [0.3, 0.4) is 0 Å². The highest BCUT2D eigenvalue weighted by Gasteiger charge is 2.26. The molecule has 110 valence electrons. The van der Waals surface area contributed by atoms with E-state index >= 15 is 0 Å². The quantitative estimate of drug-likeness (QED) is 0.646. The van der Waals surface area contributed by atoms with Crippen LogP contribution >= 0.6 is 15.9 Å². The lowest BCUT2D eigenvalue weighted by molar-refractivity contribution is -0.385. The molecule has 0 bridgehead atoms. The van der Waals surface area contributed by atoms with E-state index < -0.39 is 14.9 Å². The number of nitrogens with zero attached hydrogens (tertiary/aromatic N) is 2. The lowest BCUT2D eigenvalue weighted by Gasteiger charge is -2.19. The Hall–Kier alpha value is -1.03. The van der Waals surface area contributed by atoms with E-state index in [2.05, 4.69) is 21.2 Å². The van der Waals surface area contributed by atoms with Crippen molar-refractivity contribution in [2.75, 3.05) is 26.2 Å². The number of nitro benzene ring substituents is 1. The van der Waals surface area contributed by atoms with Crippen molar-refractivity contribution in [3.63, 3.8) is 0 Å². The first-order valence-corrected chi connectivity index (χ1v) is 8.31. The highest BCUT2D eigenvalue weighted by atomic mass is 79.9. The van der Waals surface area contributed by atoms with Gasteiger partial charge in [-0.15, -0.1) is 0 Å². The highest BCUT2D eigenvalue weighted by Crippen LogP contribution is 2.28. The summed E-state index contributed by atoms with van der Waals surface area (Å²) in [6.45, 7) is 2.24. The SMILES string of the molecule is O=[N+]([O-])c1ccc(S(=O)(=O)N2CCCNCC2)cc1Br. The van der Waals surface area contributed by atoms with E-state index in [0.717, 1.165) is 13.0 Å². The summed E-state index contributed by atoms with van der Waals surface area (Å²) in [6, 6.07) is 3.76. The van der Waals surface area contributed by atoms with Gasteiger partial charge in [-0.05, 0) is 41.0 Å².